The summed E-state index contributed by atoms with van der Waals surface area (Å²) < 4.78 is 67.4. The fourth-order valence-electron chi connectivity index (χ4n) is 5.48. The highest BCUT2D eigenvalue weighted by Gasteiger charge is 2.32. The molecule has 3 aromatic rings. The van der Waals surface area contributed by atoms with Gasteiger partial charge in [0.1, 0.15) is 17.6 Å². The number of sulfone groups is 1. The number of fused-ring (bicyclic) bond motifs is 1. The van der Waals surface area contributed by atoms with Gasteiger partial charge in [0.05, 0.1) is 22.4 Å². The van der Waals surface area contributed by atoms with Crippen LogP contribution in [0.1, 0.15) is 81.5 Å². The van der Waals surface area contributed by atoms with E-state index in [1.54, 1.807) is 18.2 Å². The van der Waals surface area contributed by atoms with Crippen molar-refractivity contribution in [1.29, 1.82) is 0 Å². The highest BCUT2D eigenvalue weighted by Crippen LogP contribution is 2.39. The van der Waals surface area contributed by atoms with Crippen LogP contribution >= 0.6 is 0 Å². The van der Waals surface area contributed by atoms with E-state index in [0.717, 1.165) is 56.8 Å². The molecule has 2 aliphatic heterocycles. The molecule has 2 saturated heterocycles. The van der Waals surface area contributed by atoms with E-state index in [4.69, 9.17) is 9.47 Å². The Kier molecular flexibility index (Phi) is 7.68. The maximum Gasteiger partial charge on any atom is 0.295 e. The first kappa shape index (κ1) is 28.0. The third-order valence-corrected chi connectivity index (χ3v) is 8.88. The summed E-state index contributed by atoms with van der Waals surface area (Å²) in [5.74, 6) is -0.659. The first-order valence-corrected chi connectivity index (χ1v) is 15.9. The van der Waals surface area contributed by atoms with Gasteiger partial charge in [0.15, 0.2) is 21.3 Å². The van der Waals surface area contributed by atoms with Crippen LogP contribution < -0.4 is 10.6 Å². The lowest BCUT2D eigenvalue weighted by atomic mass is 10.0. The molecule has 0 spiro atoms. The van der Waals surface area contributed by atoms with Crippen LogP contribution in [0.4, 0.5) is 26.0 Å². The van der Waals surface area contributed by atoms with Crippen molar-refractivity contribution in [2.45, 2.75) is 75.0 Å². The second-order valence-corrected chi connectivity index (χ2v) is 12.9. The third kappa shape index (κ3) is 5.93. The van der Waals surface area contributed by atoms with E-state index < -0.39 is 28.3 Å². The van der Waals surface area contributed by atoms with Crippen LogP contribution in [0.2, 0.25) is 0 Å². The number of carbonyl (C=O) groups is 1. The maximum absolute atomic E-state index is 14.3. The minimum absolute atomic E-state index is 0.0434. The van der Waals surface area contributed by atoms with Gasteiger partial charge < -0.3 is 20.1 Å². The smallest absolute Gasteiger partial charge is 0.295 e. The zero-order valence-corrected chi connectivity index (χ0v) is 23.6. The average Bonchev–Trinajstić information content (AvgIpc) is 3.74. The number of rotatable bonds is 8. The fraction of sp³-hybridized carbons (Fsp3) is 0.536. The molecule has 220 valence electrons. The highest BCUT2D eigenvalue weighted by atomic mass is 32.2. The first-order valence-electron chi connectivity index (χ1n) is 14.0. The molecule has 41 heavy (non-hydrogen) atoms. The van der Waals surface area contributed by atoms with E-state index in [0.29, 0.717) is 19.6 Å². The quantitative estimate of drug-likeness (QED) is 0.338. The Balaban J connectivity index is 1.47. The number of aromatic nitrogens is 3. The second kappa shape index (κ2) is 11.3. The summed E-state index contributed by atoms with van der Waals surface area (Å²) in [6, 6.07) is 6.55. The highest BCUT2D eigenvalue weighted by molar-refractivity contribution is 7.90. The van der Waals surface area contributed by atoms with Gasteiger partial charge in [-0.1, -0.05) is 6.07 Å². The minimum Gasteiger partial charge on any atom is -0.374 e. The molecule has 2 aromatic heterocycles. The Morgan fingerprint density at radius 1 is 1.00 bits per heavy atom. The molecule has 1 amide bonds. The van der Waals surface area contributed by atoms with Crippen LogP contribution in [-0.4, -0.2) is 48.3 Å². The van der Waals surface area contributed by atoms with E-state index >= 15 is 0 Å². The van der Waals surface area contributed by atoms with Gasteiger partial charge in [0, 0.05) is 31.5 Å². The number of pyridine rings is 1. The molecule has 3 fully saturated rings. The Labute approximate surface area is 236 Å². The monoisotopic (exact) mass is 589 g/mol. The summed E-state index contributed by atoms with van der Waals surface area (Å²) in [4.78, 5) is 21.5. The molecule has 2 atom stereocenters. The summed E-state index contributed by atoms with van der Waals surface area (Å²) in [6.07, 6.45) is 3.75. The van der Waals surface area contributed by atoms with Crippen molar-refractivity contribution in [3.8, 4) is 0 Å². The average molecular weight is 590 g/mol. The van der Waals surface area contributed by atoms with Gasteiger partial charge >= 0.3 is 0 Å². The molecule has 1 aliphatic carbocycles. The molecular weight excluding hydrogens is 556 g/mol. The molecule has 6 rings (SSSR count). The Bertz CT molecular complexity index is 1560. The van der Waals surface area contributed by atoms with Crippen LogP contribution in [0.3, 0.4) is 0 Å². The molecule has 3 aliphatic rings. The summed E-state index contributed by atoms with van der Waals surface area (Å²) in [5.41, 5.74) is 1.49. The first-order chi connectivity index (χ1) is 19.7. The lowest BCUT2D eigenvalue weighted by molar-refractivity contribution is -0.117. The summed E-state index contributed by atoms with van der Waals surface area (Å²) in [7, 11) is -3.70. The zero-order chi connectivity index (χ0) is 28.7. The predicted octanol–water partition coefficient (Wildman–Crippen LogP) is 5.81. The number of amides is 1. The molecule has 13 heteroatoms. The van der Waals surface area contributed by atoms with Gasteiger partial charge in [-0.25, -0.2) is 27.2 Å². The van der Waals surface area contributed by atoms with E-state index in [2.05, 4.69) is 20.6 Å². The van der Waals surface area contributed by atoms with Gasteiger partial charge in [-0.3, -0.25) is 9.36 Å². The van der Waals surface area contributed by atoms with Gasteiger partial charge in [0.25, 0.3) is 6.43 Å². The van der Waals surface area contributed by atoms with Crippen molar-refractivity contribution in [1.82, 2.24) is 14.5 Å². The van der Waals surface area contributed by atoms with Crippen LogP contribution in [0.15, 0.2) is 29.2 Å². The van der Waals surface area contributed by atoms with Crippen molar-refractivity contribution in [2.75, 3.05) is 30.1 Å². The Hall–Kier alpha value is -3.16. The van der Waals surface area contributed by atoms with Gasteiger partial charge in [-0.2, -0.15) is 0 Å². The van der Waals surface area contributed by atoms with Crippen LogP contribution in [0.5, 0.6) is 0 Å². The number of ether oxygens (including phenoxy) is 2. The molecule has 1 aromatic carbocycles. The van der Waals surface area contributed by atoms with E-state index in [9.17, 15) is 22.0 Å². The Morgan fingerprint density at radius 3 is 2.39 bits per heavy atom. The fourth-order valence-corrected chi connectivity index (χ4v) is 6.34. The molecule has 2 N–H and O–H groups in total. The van der Waals surface area contributed by atoms with Crippen molar-refractivity contribution in [2.24, 2.45) is 5.92 Å². The largest absolute Gasteiger partial charge is 0.374 e. The van der Waals surface area contributed by atoms with E-state index in [1.807, 2.05) is 0 Å². The van der Waals surface area contributed by atoms with Crippen molar-refractivity contribution >= 4 is 44.1 Å². The molecule has 10 nitrogen and oxygen atoms in total. The molecule has 0 bridgehead atoms. The van der Waals surface area contributed by atoms with E-state index in [1.165, 1.54) is 10.6 Å². The van der Waals surface area contributed by atoms with E-state index in [-0.39, 0.29) is 51.2 Å². The third-order valence-electron chi connectivity index (χ3n) is 7.74. The number of halogens is 2. The number of hydrogen-bond donors (Lipinski definition) is 2. The topological polar surface area (TPSA) is 124 Å². The number of anilines is 3. The minimum atomic E-state index is -3.70. The number of nitrogens with zero attached hydrogens (tertiary/aromatic N) is 3. The van der Waals surface area contributed by atoms with Gasteiger partial charge in [0.2, 0.25) is 5.91 Å². The molecular formula is C28H33F2N5O5S. The van der Waals surface area contributed by atoms with Crippen molar-refractivity contribution < 1.29 is 31.5 Å². The van der Waals surface area contributed by atoms with Gasteiger partial charge in [-0.05, 0) is 69.1 Å². The van der Waals surface area contributed by atoms with Crippen molar-refractivity contribution in [3.05, 3.63) is 35.7 Å². The summed E-state index contributed by atoms with van der Waals surface area (Å²) in [5, 5.41) is 5.91. The maximum atomic E-state index is 14.3. The lowest BCUT2D eigenvalue weighted by Gasteiger charge is -2.25. The molecule has 4 heterocycles. The second-order valence-electron chi connectivity index (χ2n) is 11.0. The zero-order valence-electron chi connectivity index (χ0n) is 22.7. The number of nitrogens with one attached hydrogen (secondary N) is 2. The SMILES string of the molecule is CS(=O)(=O)c1cc(C2CCCCO2)ccc1Nc1cc(NC(=O)C2CC2)nc2c1nc(C(F)F)n2C1CCCCO1. The summed E-state index contributed by atoms with van der Waals surface area (Å²) in [6.45, 7) is 1.04. The number of hydrogen-bond acceptors (Lipinski definition) is 8. The summed E-state index contributed by atoms with van der Waals surface area (Å²) >= 11 is 0. The molecule has 2 unspecified atom stereocenters. The van der Waals surface area contributed by atoms with Crippen LogP contribution in [0, 0.1) is 5.92 Å². The van der Waals surface area contributed by atoms with Crippen molar-refractivity contribution in [3.63, 3.8) is 0 Å². The normalized spacial score (nSPS) is 21.8. The number of carbonyl (C=O) groups excluding carboxylic acids is 1. The predicted molar refractivity (Wildman–Crippen MR) is 148 cm³/mol. The number of imidazole rings is 1. The van der Waals surface area contributed by atoms with Crippen LogP contribution in [-0.2, 0) is 24.1 Å². The molecule has 1 saturated carbocycles. The number of benzene rings is 1. The van der Waals surface area contributed by atoms with Crippen LogP contribution in [0.25, 0.3) is 11.2 Å². The number of alkyl halides is 2. The standard InChI is InChI=1S/C28H33F2N5O5S/c1-41(37,38)21-14-17(20-6-2-4-12-39-20)10-11-18(21)31-19-15-22(33-28(36)16-8-9-16)32-26-24(19)34-27(25(29)30)35(26)23-7-3-5-13-40-23/h10-11,14-16,20,23,25H,2-9,12-13H2,1H3,(H2,31,32,33,36). The Morgan fingerprint density at radius 2 is 1.76 bits per heavy atom. The molecule has 0 radical (unpaired) electrons. The van der Waals surface area contributed by atoms with Gasteiger partial charge in [-0.15, -0.1) is 0 Å². The lowest BCUT2D eigenvalue weighted by Crippen LogP contribution is -2.21.